The van der Waals surface area contributed by atoms with E-state index in [4.69, 9.17) is 0 Å². The number of nitrogens with one attached hydrogen (secondary N) is 1. The summed E-state index contributed by atoms with van der Waals surface area (Å²) in [6, 6.07) is 0. The Balaban J connectivity index is 4.28. The second-order valence-electron chi connectivity index (χ2n) is 2.01. The van der Waals surface area contributed by atoms with Crippen LogP contribution < -0.4 is 5.32 Å². The lowest BCUT2D eigenvalue weighted by Crippen LogP contribution is -2.18. The van der Waals surface area contributed by atoms with E-state index in [-0.39, 0.29) is 5.70 Å². The zero-order valence-corrected chi connectivity index (χ0v) is 6.37. The Kier molecular flexibility index (Phi) is 3.44. The van der Waals surface area contributed by atoms with Crippen LogP contribution in [-0.2, 0) is 4.79 Å². The summed E-state index contributed by atoms with van der Waals surface area (Å²) in [4.78, 5) is 10.3. The summed E-state index contributed by atoms with van der Waals surface area (Å²) in [5.41, 5.74) is -0.350. The summed E-state index contributed by atoms with van der Waals surface area (Å²) in [6.45, 7) is 5.24. The maximum Gasteiger partial charge on any atom is 0.221 e. The van der Waals surface area contributed by atoms with E-state index in [1.165, 1.54) is 6.92 Å². The summed E-state index contributed by atoms with van der Waals surface area (Å²) in [6.07, 6.45) is 0. The van der Waals surface area contributed by atoms with Crippen molar-refractivity contribution in [3.8, 4) is 0 Å². The average Bonchev–Trinajstić information content (AvgIpc) is 1.84. The molecular weight excluding hydrogens is 152 g/mol. The molecule has 0 rings (SSSR count). The molecule has 4 heteroatoms. The van der Waals surface area contributed by atoms with Crippen LogP contribution in [0.15, 0.2) is 23.9 Å². The Labute approximate surface area is 63.6 Å². The molecule has 0 aliphatic heterocycles. The fourth-order valence-corrected chi connectivity index (χ4v) is 0.475. The second-order valence-corrected chi connectivity index (χ2v) is 2.01. The normalized spacial score (nSPS) is 12.0. The van der Waals surface area contributed by atoms with Gasteiger partial charge in [0.15, 0.2) is 5.83 Å². The zero-order chi connectivity index (χ0) is 9.02. The minimum Gasteiger partial charge on any atom is -0.324 e. The van der Waals surface area contributed by atoms with Gasteiger partial charge in [0.1, 0.15) is 5.83 Å². The van der Waals surface area contributed by atoms with E-state index in [9.17, 15) is 13.6 Å². The van der Waals surface area contributed by atoms with Gasteiger partial charge in [-0.15, -0.1) is 0 Å². The second kappa shape index (κ2) is 3.85. The van der Waals surface area contributed by atoms with Crippen LogP contribution in [0.2, 0.25) is 0 Å². The number of hydrogen-bond donors (Lipinski definition) is 1. The van der Waals surface area contributed by atoms with Gasteiger partial charge in [-0.05, 0) is 6.92 Å². The Morgan fingerprint density at radius 2 is 1.82 bits per heavy atom. The number of carbonyl (C=O) groups excluding carboxylic acids is 1. The number of allylic oxidation sites excluding steroid dienone is 2. The molecule has 0 aromatic carbocycles. The largest absolute Gasteiger partial charge is 0.324 e. The van der Waals surface area contributed by atoms with Gasteiger partial charge in [0.25, 0.3) is 0 Å². The standard InChI is InChI=1S/C7H9F2NO/c1-4(8)7(9)5(2)10-6(3)11/h2H2,1,3H3,(H,10,11)/b7-4-. The van der Waals surface area contributed by atoms with Gasteiger partial charge in [-0.2, -0.15) is 0 Å². The van der Waals surface area contributed by atoms with Crippen molar-refractivity contribution in [2.24, 2.45) is 0 Å². The van der Waals surface area contributed by atoms with E-state index >= 15 is 0 Å². The van der Waals surface area contributed by atoms with Gasteiger partial charge in [0, 0.05) is 6.92 Å². The van der Waals surface area contributed by atoms with E-state index < -0.39 is 17.6 Å². The van der Waals surface area contributed by atoms with Crippen LogP contribution in [-0.4, -0.2) is 5.91 Å². The molecule has 0 saturated heterocycles. The van der Waals surface area contributed by atoms with E-state index in [2.05, 4.69) is 6.58 Å². The molecule has 0 radical (unpaired) electrons. The van der Waals surface area contributed by atoms with Crippen molar-refractivity contribution in [2.75, 3.05) is 0 Å². The van der Waals surface area contributed by atoms with Crippen molar-refractivity contribution < 1.29 is 13.6 Å². The SMILES string of the molecule is C=C(NC(C)=O)/C(F)=C(\C)F. The van der Waals surface area contributed by atoms with Gasteiger partial charge >= 0.3 is 0 Å². The number of carbonyl (C=O) groups is 1. The van der Waals surface area contributed by atoms with Crippen LogP contribution in [0, 0.1) is 0 Å². The number of halogens is 2. The van der Waals surface area contributed by atoms with Gasteiger partial charge < -0.3 is 5.32 Å². The monoisotopic (exact) mass is 161 g/mol. The zero-order valence-electron chi connectivity index (χ0n) is 6.37. The van der Waals surface area contributed by atoms with Crippen LogP contribution >= 0.6 is 0 Å². The van der Waals surface area contributed by atoms with Crippen molar-refractivity contribution in [3.63, 3.8) is 0 Å². The Morgan fingerprint density at radius 3 is 2.09 bits per heavy atom. The van der Waals surface area contributed by atoms with Crippen LogP contribution in [0.4, 0.5) is 8.78 Å². The van der Waals surface area contributed by atoms with Gasteiger partial charge in [-0.25, -0.2) is 8.78 Å². The molecule has 0 heterocycles. The molecule has 62 valence electrons. The minimum absolute atomic E-state index is 0.350. The summed E-state index contributed by atoms with van der Waals surface area (Å²) < 4.78 is 24.6. The maximum atomic E-state index is 12.5. The molecule has 2 nitrogen and oxygen atoms in total. The lowest BCUT2D eigenvalue weighted by molar-refractivity contribution is -0.118. The van der Waals surface area contributed by atoms with Crippen LogP contribution in [0.5, 0.6) is 0 Å². The molecular formula is C7H9F2NO. The molecule has 0 aromatic heterocycles. The molecule has 0 fully saturated rings. The molecule has 0 atom stereocenters. The van der Waals surface area contributed by atoms with Gasteiger partial charge in [-0.1, -0.05) is 6.58 Å². The van der Waals surface area contributed by atoms with Crippen LogP contribution in [0.1, 0.15) is 13.8 Å². The molecule has 0 unspecified atom stereocenters. The molecule has 1 amide bonds. The lowest BCUT2D eigenvalue weighted by Gasteiger charge is -2.02. The highest BCUT2D eigenvalue weighted by Gasteiger charge is 2.06. The van der Waals surface area contributed by atoms with Gasteiger partial charge in [0.05, 0.1) is 5.70 Å². The van der Waals surface area contributed by atoms with Crippen LogP contribution in [0.25, 0.3) is 0 Å². The van der Waals surface area contributed by atoms with Gasteiger partial charge in [0.2, 0.25) is 5.91 Å². The van der Waals surface area contributed by atoms with Crippen molar-refractivity contribution >= 4 is 5.91 Å². The predicted molar refractivity (Wildman–Crippen MR) is 37.9 cm³/mol. The van der Waals surface area contributed by atoms with Crippen molar-refractivity contribution in [2.45, 2.75) is 13.8 Å². The average molecular weight is 161 g/mol. The van der Waals surface area contributed by atoms with Crippen molar-refractivity contribution in [1.29, 1.82) is 0 Å². The summed E-state index contributed by atoms with van der Waals surface area (Å²) in [5.74, 6) is -2.60. The molecule has 0 saturated carbocycles. The van der Waals surface area contributed by atoms with E-state index in [0.29, 0.717) is 0 Å². The molecule has 0 aliphatic carbocycles. The smallest absolute Gasteiger partial charge is 0.221 e. The molecule has 0 aliphatic rings. The highest BCUT2D eigenvalue weighted by Crippen LogP contribution is 2.12. The van der Waals surface area contributed by atoms with Gasteiger partial charge in [-0.3, -0.25) is 4.79 Å². The maximum absolute atomic E-state index is 12.5. The first kappa shape index (κ1) is 9.81. The van der Waals surface area contributed by atoms with Crippen LogP contribution in [0.3, 0.4) is 0 Å². The molecule has 0 aromatic rings. The first-order chi connectivity index (χ1) is 4.95. The predicted octanol–water partition coefficient (Wildman–Crippen LogP) is 1.81. The third kappa shape index (κ3) is 3.50. The summed E-state index contributed by atoms with van der Waals surface area (Å²) in [5, 5.41) is 2.02. The first-order valence-corrected chi connectivity index (χ1v) is 2.94. The van der Waals surface area contributed by atoms with E-state index in [1.807, 2.05) is 5.32 Å². The fraction of sp³-hybridized carbons (Fsp3) is 0.286. The number of rotatable bonds is 2. The first-order valence-electron chi connectivity index (χ1n) is 2.94. The number of hydrogen-bond acceptors (Lipinski definition) is 1. The Hall–Kier alpha value is -1.19. The molecule has 11 heavy (non-hydrogen) atoms. The lowest BCUT2D eigenvalue weighted by atomic mass is 10.3. The molecule has 1 N–H and O–H groups in total. The fourth-order valence-electron chi connectivity index (χ4n) is 0.475. The highest BCUT2D eigenvalue weighted by atomic mass is 19.2. The highest BCUT2D eigenvalue weighted by molar-refractivity contribution is 5.75. The summed E-state index contributed by atoms with van der Waals surface area (Å²) >= 11 is 0. The summed E-state index contributed by atoms with van der Waals surface area (Å²) in [7, 11) is 0. The molecule has 0 bridgehead atoms. The third-order valence-corrected chi connectivity index (χ3v) is 0.894. The van der Waals surface area contributed by atoms with E-state index in [1.54, 1.807) is 0 Å². The quantitative estimate of drug-likeness (QED) is 0.615. The Morgan fingerprint density at radius 1 is 1.36 bits per heavy atom. The van der Waals surface area contributed by atoms with Crippen molar-refractivity contribution in [3.05, 3.63) is 23.9 Å². The minimum atomic E-state index is -1.12. The van der Waals surface area contributed by atoms with E-state index in [0.717, 1.165) is 6.92 Å². The van der Waals surface area contributed by atoms with Crippen molar-refractivity contribution in [1.82, 2.24) is 5.32 Å². The molecule has 0 spiro atoms. The Bertz CT molecular complexity index is 216. The topological polar surface area (TPSA) is 29.1 Å². The third-order valence-electron chi connectivity index (χ3n) is 0.894. The number of amides is 1.